The second-order valence-corrected chi connectivity index (χ2v) is 6.29. The number of nitrogens with zero attached hydrogens (tertiary/aromatic N) is 1. The van der Waals surface area contributed by atoms with Gasteiger partial charge in [0.15, 0.2) is 18.2 Å². The molecular weight excluding hydrogens is 352 g/mol. The largest absolute Gasteiger partial charge is 0.473 e. The van der Waals surface area contributed by atoms with E-state index in [1.54, 1.807) is 43.3 Å². The first-order valence-electron chi connectivity index (χ1n) is 8.21. The molecule has 136 valence electrons. The third-order valence-corrected chi connectivity index (χ3v) is 4.59. The molecule has 1 aliphatic rings. The highest BCUT2D eigenvalue weighted by molar-refractivity contribution is 5.98. The lowest BCUT2D eigenvalue weighted by atomic mass is 9.96. The normalized spacial score (nSPS) is 18.0. The van der Waals surface area contributed by atoms with Crippen LogP contribution < -0.4 is 10.1 Å². The standard InChI is InChI=1S/C19H14N2O6/c1-10-14-3-2-4-15(21(24)25)18(14)27-17(10)19(23)20-12-5-6-16-11(7-12)8-13(9-22)26-16/h2-10,17H,1H3,(H,20,23)/t10?,17-/m1/s1. The number of amides is 1. The van der Waals surface area contributed by atoms with Gasteiger partial charge in [-0.1, -0.05) is 19.1 Å². The van der Waals surface area contributed by atoms with Crippen LogP contribution in [0.25, 0.3) is 11.0 Å². The molecular formula is C19H14N2O6. The van der Waals surface area contributed by atoms with E-state index in [9.17, 15) is 19.7 Å². The maximum Gasteiger partial charge on any atom is 0.311 e. The predicted molar refractivity (Wildman–Crippen MR) is 96.2 cm³/mol. The molecule has 2 aromatic carbocycles. The molecule has 0 spiro atoms. The van der Waals surface area contributed by atoms with Crippen LogP contribution in [-0.2, 0) is 4.79 Å². The van der Waals surface area contributed by atoms with Gasteiger partial charge in [0.25, 0.3) is 5.91 Å². The molecule has 27 heavy (non-hydrogen) atoms. The molecule has 0 bridgehead atoms. The topological polar surface area (TPSA) is 112 Å². The first-order chi connectivity index (χ1) is 13.0. The van der Waals surface area contributed by atoms with Crippen LogP contribution in [0.2, 0.25) is 0 Å². The number of nitro groups is 1. The highest BCUT2D eigenvalue weighted by Crippen LogP contribution is 2.44. The van der Waals surface area contributed by atoms with E-state index in [4.69, 9.17) is 9.15 Å². The van der Waals surface area contributed by atoms with E-state index in [0.717, 1.165) is 0 Å². The lowest BCUT2D eigenvalue weighted by molar-refractivity contribution is -0.385. The fraction of sp³-hybridized carbons (Fsp3) is 0.158. The molecule has 0 radical (unpaired) electrons. The Morgan fingerprint density at radius 2 is 2.07 bits per heavy atom. The van der Waals surface area contributed by atoms with Gasteiger partial charge in [-0.25, -0.2) is 0 Å². The lowest BCUT2D eigenvalue weighted by Gasteiger charge is -2.15. The van der Waals surface area contributed by atoms with Gasteiger partial charge in [-0.15, -0.1) is 0 Å². The molecule has 1 N–H and O–H groups in total. The summed E-state index contributed by atoms with van der Waals surface area (Å²) in [4.78, 5) is 34.1. The number of para-hydroxylation sites is 1. The van der Waals surface area contributed by atoms with Crippen molar-refractivity contribution in [1.29, 1.82) is 0 Å². The molecule has 0 saturated heterocycles. The van der Waals surface area contributed by atoms with Crippen LogP contribution in [0, 0.1) is 10.1 Å². The van der Waals surface area contributed by atoms with E-state index in [1.165, 1.54) is 6.07 Å². The van der Waals surface area contributed by atoms with Gasteiger partial charge in [0, 0.05) is 28.6 Å². The lowest BCUT2D eigenvalue weighted by Crippen LogP contribution is -2.33. The summed E-state index contributed by atoms with van der Waals surface area (Å²) in [6.45, 7) is 1.79. The number of carbonyl (C=O) groups excluding carboxylic acids is 2. The average molecular weight is 366 g/mol. The van der Waals surface area contributed by atoms with Gasteiger partial charge in [-0.2, -0.15) is 0 Å². The minimum Gasteiger partial charge on any atom is -0.473 e. The van der Waals surface area contributed by atoms with E-state index in [2.05, 4.69) is 5.32 Å². The van der Waals surface area contributed by atoms with E-state index in [1.807, 2.05) is 0 Å². The quantitative estimate of drug-likeness (QED) is 0.428. The molecule has 0 fully saturated rings. The maximum atomic E-state index is 12.7. The third-order valence-electron chi connectivity index (χ3n) is 4.59. The number of furan rings is 1. The van der Waals surface area contributed by atoms with Crippen molar-refractivity contribution in [2.75, 3.05) is 5.32 Å². The first-order valence-corrected chi connectivity index (χ1v) is 8.21. The van der Waals surface area contributed by atoms with Gasteiger partial charge in [-0.05, 0) is 24.3 Å². The van der Waals surface area contributed by atoms with Gasteiger partial charge >= 0.3 is 5.69 Å². The Morgan fingerprint density at radius 1 is 1.26 bits per heavy atom. The van der Waals surface area contributed by atoms with Gasteiger partial charge in [0.1, 0.15) is 5.58 Å². The van der Waals surface area contributed by atoms with Crippen LogP contribution in [0.4, 0.5) is 11.4 Å². The second kappa shape index (κ2) is 6.24. The summed E-state index contributed by atoms with van der Waals surface area (Å²) in [7, 11) is 0. The van der Waals surface area contributed by atoms with Crippen molar-refractivity contribution in [3.05, 3.63) is 63.9 Å². The number of nitrogens with one attached hydrogen (secondary N) is 1. The van der Waals surface area contributed by atoms with E-state index in [0.29, 0.717) is 28.5 Å². The number of ether oxygens (including phenoxy) is 1. The number of carbonyl (C=O) groups is 2. The third kappa shape index (κ3) is 2.80. The molecule has 2 atom stereocenters. The molecule has 4 rings (SSSR count). The summed E-state index contributed by atoms with van der Waals surface area (Å²) in [5.74, 6) is -0.411. The molecule has 3 aromatic rings. The molecule has 0 aliphatic carbocycles. The van der Waals surface area contributed by atoms with Crippen molar-refractivity contribution in [2.24, 2.45) is 0 Å². The summed E-state index contributed by atoms with van der Waals surface area (Å²) >= 11 is 0. The number of hydrogen-bond donors (Lipinski definition) is 1. The zero-order chi connectivity index (χ0) is 19.1. The monoisotopic (exact) mass is 366 g/mol. The van der Waals surface area contributed by atoms with Crippen molar-refractivity contribution < 1.29 is 23.7 Å². The smallest absolute Gasteiger partial charge is 0.311 e. The van der Waals surface area contributed by atoms with Crippen molar-refractivity contribution in [3.63, 3.8) is 0 Å². The Hall–Kier alpha value is -3.68. The summed E-state index contributed by atoms with van der Waals surface area (Å²) in [5.41, 5.74) is 1.51. The fourth-order valence-corrected chi connectivity index (χ4v) is 3.26. The zero-order valence-electron chi connectivity index (χ0n) is 14.2. The van der Waals surface area contributed by atoms with Gasteiger partial charge in [-0.3, -0.25) is 19.7 Å². The highest BCUT2D eigenvalue weighted by Gasteiger charge is 2.40. The van der Waals surface area contributed by atoms with E-state index < -0.39 is 16.9 Å². The number of nitro benzene ring substituents is 1. The molecule has 1 aromatic heterocycles. The van der Waals surface area contributed by atoms with Crippen LogP contribution in [0.1, 0.15) is 29.0 Å². The molecule has 1 aliphatic heterocycles. The van der Waals surface area contributed by atoms with Crippen LogP contribution in [-0.4, -0.2) is 23.2 Å². The first kappa shape index (κ1) is 16.8. The Kier molecular flexibility index (Phi) is 3.88. The number of fused-ring (bicyclic) bond motifs is 2. The maximum absolute atomic E-state index is 12.7. The summed E-state index contributed by atoms with van der Waals surface area (Å²) in [5, 5.41) is 14.6. The zero-order valence-corrected chi connectivity index (χ0v) is 14.2. The molecule has 1 amide bonds. The van der Waals surface area contributed by atoms with Gasteiger partial charge < -0.3 is 14.5 Å². The van der Waals surface area contributed by atoms with Gasteiger partial charge in [0.05, 0.1) is 4.92 Å². The number of anilines is 1. The van der Waals surface area contributed by atoms with Crippen molar-refractivity contribution >= 4 is 34.5 Å². The van der Waals surface area contributed by atoms with Crippen molar-refractivity contribution in [2.45, 2.75) is 18.9 Å². The minimum atomic E-state index is -0.883. The Morgan fingerprint density at radius 3 is 2.81 bits per heavy atom. The van der Waals surface area contributed by atoms with Crippen molar-refractivity contribution in [3.8, 4) is 5.75 Å². The molecule has 8 nitrogen and oxygen atoms in total. The summed E-state index contributed by atoms with van der Waals surface area (Å²) in [6, 6.07) is 11.2. The molecule has 1 unspecified atom stereocenters. The number of aldehydes is 1. The molecule has 8 heteroatoms. The Bertz CT molecular complexity index is 1090. The number of benzene rings is 2. The van der Waals surface area contributed by atoms with E-state index in [-0.39, 0.29) is 23.1 Å². The summed E-state index contributed by atoms with van der Waals surface area (Å²) in [6.07, 6.45) is -0.275. The Balaban J connectivity index is 1.58. The fourth-order valence-electron chi connectivity index (χ4n) is 3.26. The average Bonchev–Trinajstić information content (AvgIpc) is 3.22. The summed E-state index contributed by atoms with van der Waals surface area (Å²) < 4.78 is 10.9. The van der Waals surface area contributed by atoms with E-state index >= 15 is 0 Å². The highest BCUT2D eigenvalue weighted by atomic mass is 16.6. The number of hydrogen-bond acceptors (Lipinski definition) is 6. The van der Waals surface area contributed by atoms with Crippen LogP contribution in [0.5, 0.6) is 5.75 Å². The molecule has 2 heterocycles. The predicted octanol–water partition coefficient (Wildman–Crippen LogP) is 3.66. The van der Waals surface area contributed by atoms with Crippen LogP contribution >= 0.6 is 0 Å². The SMILES string of the molecule is CC1c2cccc([N+](=O)[O-])c2O[C@H]1C(=O)Nc1ccc2oc(C=O)cc2c1. The van der Waals surface area contributed by atoms with Crippen LogP contribution in [0.3, 0.4) is 0 Å². The second-order valence-electron chi connectivity index (χ2n) is 6.29. The molecule has 0 saturated carbocycles. The van der Waals surface area contributed by atoms with Crippen molar-refractivity contribution in [1.82, 2.24) is 0 Å². The van der Waals surface area contributed by atoms with Gasteiger partial charge in [0.2, 0.25) is 5.75 Å². The Labute approximate surface area is 152 Å². The minimum absolute atomic E-state index is 0.135. The van der Waals surface area contributed by atoms with Crippen LogP contribution in [0.15, 0.2) is 46.9 Å². The number of rotatable bonds is 4.